The molecule has 4 atom stereocenters. The van der Waals surface area contributed by atoms with Gasteiger partial charge in [-0.3, -0.25) is 24.0 Å². The molecule has 2 bridgehead atoms. The molecule has 5 amide bonds. The van der Waals surface area contributed by atoms with E-state index in [1.165, 1.54) is 11.3 Å². The average molecular weight is 555 g/mol. The summed E-state index contributed by atoms with van der Waals surface area (Å²) in [5.74, 6) is -1.79. The molecule has 3 heterocycles. The van der Waals surface area contributed by atoms with Gasteiger partial charge in [0, 0.05) is 18.3 Å². The van der Waals surface area contributed by atoms with Crippen molar-refractivity contribution in [3.8, 4) is 0 Å². The van der Waals surface area contributed by atoms with Crippen LogP contribution in [0.3, 0.4) is 0 Å². The van der Waals surface area contributed by atoms with Crippen molar-refractivity contribution in [2.75, 3.05) is 6.54 Å². The lowest BCUT2D eigenvalue weighted by atomic mass is 10.0. The van der Waals surface area contributed by atoms with Crippen LogP contribution >= 0.6 is 11.3 Å². The van der Waals surface area contributed by atoms with Crippen molar-refractivity contribution in [3.63, 3.8) is 0 Å². The lowest BCUT2D eigenvalue weighted by molar-refractivity contribution is -0.133. The number of nitrogens with zero attached hydrogens (tertiary/aromatic N) is 1. The molecule has 1 fully saturated rings. The zero-order valence-electron chi connectivity index (χ0n) is 21.8. The highest BCUT2D eigenvalue weighted by molar-refractivity contribution is 7.09. The van der Waals surface area contributed by atoms with Crippen molar-refractivity contribution in [2.24, 2.45) is 0 Å². The van der Waals surface area contributed by atoms with Crippen molar-refractivity contribution in [2.45, 2.75) is 76.0 Å². The van der Waals surface area contributed by atoms with E-state index in [9.17, 15) is 24.0 Å². The fourth-order valence-electron chi connectivity index (χ4n) is 4.62. The van der Waals surface area contributed by atoms with E-state index in [2.05, 4.69) is 31.6 Å². The fourth-order valence-corrected chi connectivity index (χ4v) is 5.47. The fraction of sp³-hybridized carbons (Fsp3) is 0.481. The Morgan fingerprint density at radius 3 is 2.49 bits per heavy atom. The molecule has 39 heavy (non-hydrogen) atoms. The number of amides is 5. The van der Waals surface area contributed by atoms with Crippen LogP contribution < -0.4 is 26.6 Å². The number of aromatic nitrogens is 1. The molecule has 11 nitrogen and oxygen atoms in total. The topological polar surface area (TPSA) is 158 Å². The number of carbonyl (C=O) groups excluding carboxylic acids is 5. The van der Waals surface area contributed by atoms with Crippen LogP contribution in [-0.2, 0) is 25.6 Å². The standard InChI is InChI=1S/C27H34N6O5S/c1-2-17-24(36)32-20(14-16-8-4-3-5-9-16)27-33-21(15-39-27)23(35)28-13-7-6-10-18(25(37)30-17)31-26(38)19-11-12-22(34)29-19/h3-5,8-9,15,17-20H,2,6-7,10-14H2,1H3,(H,28,35)(H,29,34)(H,30,37)(H,31,38)(H,32,36)/t17-,18+,19-,20+/m1/s1. The van der Waals surface area contributed by atoms with Gasteiger partial charge in [-0.25, -0.2) is 4.98 Å². The van der Waals surface area contributed by atoms with Gasteiger partial charge in [0.05, 0.1) is 6.04 Å². The minimum Gasteiger partial charge on any atom is -0.351 e. The van der Waals surface area contributed by atoms with Crippen LogP contribution in [0.1, 0.15) is 72.6 Å². The van der Waals surface area contributed by atoms with Crippen molar-refractivity contribution in [1.29, 1.82) is 0 Å². The second-order valence-electron chi connectivity index (χ2n) is 9.76. The van der Waals surface area contributed by atoms with Gasteiger partial charge < -0.3 is 26.6 Å². The summed E-state index contributed by atoms with van der Waals surface area (Å²) in [6.07, 6.45) is 2.85. The van der Waals surface area contributed by atoms with Gasteiger partial charge in [-0.15, -0.1) is 11.3 Å². The van der Waals surface area contributed by atoms with E-state index in [0.717, 1.165) is 5.56 Å². The maximum Gasteiger partial charge on any atom is 0.270 e. The molecule has 2 aliphatic rings. The van der Waals surface area contributed by atoms with Crippen LogP contribution in [0.2, 0.25) is 0 Å². The monoisotopic (exact) mass is 554 g/mol. The maximum absolute atomic E-state index is 13.4. The third-order valence-electron chi connectivity index (χ3n) is 6.84. The molecule has 0 aliphatic carbocycles. The molecule has 12 heteroatoms. The van der Waals surface area contributed by atoms with Crippen LogP contribution in [0.4, 0.5) is 0 Å². The normalized spacial score (nSPS) is 24.7. The Kier molecular flexibility index (Phi) is 9.64. The predicted octanol–water partition coefficient (Wildman–Crippen LogP) is 1.12. The Morgan fingerprint density at radius 2 is 1.77 bits per heavy atom. The predicted molar refractivity (Wildman–Crippen MR) is 145 cm³/mol. The average Bonchev–Trinajstić information content (AvgIpc) is 3.60. The van der Waals surface area contributed by atoms with E-state index in [4.69, 9.17) is 0 Å². The Labute approximate surface area is 230 Å². The Balaban J connectivity index is 1.54. The van der Waals surface area contributed by atoms with Crippen LogP contribution in [0.15, 0.2) is 35.7 Å². The molecule has 5 N–H and O–H groups in total. The summed E-state index contributed by atoms with van der Waals surface area (Å²) in [4.78, 5) is 68.2. The number of thiazole rings is 1. The second-order valence-corrected chi connectivity index (χ2v) is 10.7. The molecule has 4 rings (SSSR count). The zero-order chi connectivity index (χ0) is 27.8. The molecule has 1 aromatic heterocycles. The number of fused-ring (bicyclic) bond motifs is 2. The molecular formula is C27H34N6O5S. The summed E-state index contributed by atoms with van der Waals surface area (Å²) < 4.78 is 0. The molecule has 1 saturated heterocycles. The third kappa shape index (κ3) is 7.62. The molecule has 2 aliphatic heterocycles. The van der Waals surface area contributed by atoms with Gasteiger partial charge in [0.2, 0.25) is 23.6 Å². The van der Waals surface area contributed by atoms with Crippen molar-refractivity contribution < 1.29 is 24.0 Å². The number of hydrogen-bond donors (Lipinski definition) is 5. The minimum atomic E-state index is -0.889. The summed E-state index contributed by atoms with van der Waals surface area (Å²) >= 11 is 1.30. The van der Waals surface area contributed by atoms with E-state index in [-0.39, 0.29) is 24.1 Å². The highest BCUT2D eigenvalue weighted by atomic mass is 32.1. The Bertz CT molecular complexity index is 1200. The number of hydrogen-bond acceptors (Lipinski definition) is 7. The highest BCUT2D eigenvalue weighted by Crippen LogP contribution is 2.23. The summed E-state index contributed by atoms with van der Waals surface area (Å²) in [5.41, 5.74) is 1.27. The molecule has 0 saturated carbocycles. The van der Waals surface area contributed by atoms with Gasteiger partial charge in [0.15, 0.2) is 0 Å². The van der Waals surface area contributed by atoms with Gasteiger partial charge in [0.1, 0.15) is 28.8 Å². The van der Waals surface area contributed by atoms with Gasteiger partial charge in [-0.05, 0) is 44.1 Å². The van der Waals surface area contributed by atoms with E-state index in [1.54, 1.807) is 12.3 Å². The molecule has 2 aromatic rings. The molecule has 1 aromatic carbocycles. The summed E-state index contributed by atoms with van der Waals surface area (Å²) in [6, 6.07) is 6.71. The Morgan fingerprint density at radius 1 is 1.00 bits per heavy atom. The number of rotatable bonds is 5. The summed E-state index contributed by atoms with van der Waals surface area (Å²) in [6.45, 7) is 2.18. The zero-order valence-corrected chi connectivity index (χ0v) is 22.6. The van der Waals surface area contributed by atoms with Gasteiger partial charge in [0.25, 0.3) is 5.91 Å². The van der Waals surface area contributed by atoms with Crippen LogP contribution in [0, 0.1) is 0 Å². The number of carbonyl (C=O) groups is 5. The van der Waals surface area contributed by atoms with Gasteiger partial charge in [-0.2, -0.15) is 0 Å². The first-order valence-electron chi connectivity index (χ1n) is 13.3. The molecule has 208 valence electrons. The van der Waals surface area contributed by atoms with E-state index < -0.39 is 36.0 Å². The van der Waals surface area contributed by atoms with Gasteiger partial charge in [-0.1, -0.05) is 37.3 Å². The number of benzene rings is 1. The van der Waals surface area contributed by atoms with Gasteiger partial charge >= 0.3 is 0 Å². The van der Waals surface area contributed by atoms with E-state index in [0.29, 0.717) is 55.8 Å². The van der Waals surface area contributed by atoms with Crippen LogP contribution in [0.25, 0.3) is 0 Å². The van der Waals surface area contributed by atoms with E-state index in [1.807, 2.05) is 30.3 Å². The van der Waals surface area contributed by atoms with E-state index >= 15 is 0 Å². The molecule has 0 unspecified atom stereocenters. The lowest BCUT2D eigenvalue weighted by Crippen LogP contribution is -2.56. The van der Waals surface area contributed by atoms with Crippen molar-refractivity contribution in [1.82, 2.24) is 31.6 Å². The second kappa shape index (κ2) is 13.3. The smallest absolute Gasteiger partial charge is 0.270 e. The van der Waals surface area contributed by atoms with Crippen molar-refractivity contribution >= 4 is 40.9 Å². The summed E-state index contributed by atoms with van der Waals surface area (Å²) in [7, 11) is 0. The largest absolute Gasteiger partial charge is 0.351 e. The molecule has 0 spiro atoms. The molecule has 0 radical (unpaired) electrons. The lowest BCUT2D eigenvalue weighted by Gasteiger charge is -2.25. The Hall–Kier alpha value is -3.80. The third-order valence-corrected chi connectivity index (χ3v) is 7.80. The maximum atomic E-state index is 13.4. The summed E-state index contributed by atoms with van der Waals surface area (Å²) in [5, 5.41) is 16.3. The first-order chi connectivity index (χ1) is 18.8. The first-order valence-corrected chi connectivity index (χ1v) is 14.2. The minimum absolute atomic E-state index is 0.201. The molecular weight excluding hydrogens is 520 g/mol. The number of nitrogens with one attached hydrogen (secondary N) is 5. The first kappa shape index (κ1) is 28.2. The SMILES string of the molecule is CC[C@H]1NC(=O)[C@@H](NC(=O)[C@H]2CCC(=O)N2)CCCCNC(=O)c2csc(n2)[C@H](Cc2ccccc2)NC1=O. The van der Waals surface area contributed by atoms with Crippen LogP contribution in [0.5, 0.6) is 0 Å². The highest BCUT2D eigenvalue weighted by Gasteiger charge is 2.32. The quantitative estimate of drug-likeness (QED) is 0.373. The van der Waals surface area contributed by atoms with Crippen LogP contribution in [-0.4, -0.2) is 59.2 Å². The van der Waals surface area contributed by atoms with Crippen molar-refractivity contribution in [3.05, 3.63) is 52.0 Å².